The van der Waals surface area contributed by atoms with Gasteiger partial charge in [0.1, 0.15) is 17.7 Å². The lowest BCUT2D eigenvalue weighted by Gasteiger charge is -2.35. The lowest BCUT2D eigenvalue weighted by Crippen LogP contribution is -2.58. The van der Waals surface area contributed by atoms with Crippen LogP contribution in [-0.4, -0.2) is 83.3 Å². The molecular weight excluding hydrogens is 530 g/mol. The second kappa shape index (κ2) is 14.6. The number of likely N-dealkylation sites (tertiary alicyclic amines) is 1. The van der Waals surface area contributed by atoms with Crippen LogP contribution >= 0.6 is 0 Å². The molecule has 0 aromatic carbocycles. The quantitative estimate of drug-likeness (QED) is 0.257. The Labute approximate surface area is 242 Å². The molecule has 4 N–H and O–H groups in total. The van der Waals surface area contributed by atoms with E-state index in [1.165, 1.54) is 4.90 Å². The minimum Gasteiger partial charge on any atom is -0.444 e. The Bertz CT molecular complexity index is 985. The molecule has 3 fully saturated rings. The zero-order chi connectivity index (χ0) is 30.2. The van der Waals surface area contributed by atoms with E-state index in [1.54, 1.807) is 20.8 Å². The van der Waals surface area contributed by atoms with E-state index in [2.05, 4.69) is 21.3 Å². The summed E-state index contributed by atoms with van der Waals surface area (Å²) in [5, 5.41) is 10.6. The van der Waals surface area contributed by atoms with Gasteiger partial charge in [0.2, 0.25) is 23.5 Å². The summed E-state index contributed by atoms with van der Waals surface area (Å²) in [6.45, 7) is 7.12. The smallest absolute Gasteiger partial charge is 0.408 e. The van der Waals surface area contributed by atoms with Gasteiger partial charge in [0, 0.05) is 12.6 Å². The maximum atomic E-state index is 13.9. The zero-order valence-electron chi connectivity index (χ0n) is 24.9. The molecule has 230 valence electrons. The average Bonchev–Trinajstić information content (AvgIpc) is 3.59. The van der Waals surface area contributed by atoms with E-state index < -0.39 is 47.4 Å². The predicted octanol–water partition coefficient (Wildman–Crippen LogP) is 1.70. The molecule has 1 heterocycles. The SMILES string of the molecule is CCCC(NC(=O)[C@@H]1CCCN1C(=O)C(NC(=O)OC(C)(C)C)C1CCCCC1)C(=O)C(=O)NCC(=O)NC1CC1. The molecule has 2 aliphatic carbocycles. The Morgan fingerprint density at radius 3 is 2.20 bits per heavy atom. The molecule has 12 heteroatoms. The number of ketones is 1. The van der Waals surface area contributed by atoms with Crippen molar-refractivity contribution >= 4 is 35.5 Å². The fourth-order valence-electron chi connectivity index (χ4n) is 5.50. The molecule has 0 spiro atoms. The molecule has 1 aliphatic heterocycles. The number of carbonyl (C=O) groups is 6. The number of nitrogens with one attached hydrogen (secondary N) is 4. The van der Waals surface area contributed by atoms with Gasteiger partial charge in [0.05, 0.1) is 12.6 Å². The van der Waals surface area contributed by atoms with Crippen molar-refractivity contribution in [3.63, 3.8) is 0 Å². The van der Waals surface area contributed by atoms with E-state index >= 15 is 0 Å². The number of Topliss-reactive ketones (excluding diaryl/α,β-unsaturated/α-hetero) is 1. The van der Waals surface area contributed by atoms with Gasteiger partial charge in [-0.1, -0.05) is 32.6 Å². The molecule has 5 amide bonds. The number of rotatable bonds is 12. The van der Waals surface area contributed by atoms with Crippen molar-refractivity contribution in [2.24, 2.45) is 5.92 Å². The first-order chi connectivity index (χ1) is 19.4. The summed E-state index contributed by atoms with van der Waals surface area (Å²) < 4.78 is 5.43. The molecule has 3 atom stereocenters. The van der Waals surface area contributed by atoms with Crippen LogP contribution in [0.5, 0.6) is 0 Å². The van der Waals surface area contributed by atoms with Crippen molar-refractivity contribution in [1.82, 2.24) is 26.2 Å². The number of ether oxygens (including phenoxy) is 1. The van der Waals surface area contributed by atoms with E-state index in [1.807, 2.05) is 6.92 Å². The van der Waals surface area contributed by atoms with Crippen molar-refractivity contribution in [2.45, 2.75) is 128 Å². The molecule has 0 bridgehead atoms. The molecule has 1 saturated heterocycles. The van der Waals surface area contributed by atoms with Gasteiger partial charge in [-0.3, -0.25) is 24.0 Å². The Morgan fingerprint density at radius 1 is 0.902 bits per heavy atom. The van der Waals surface area contributed by atoms with Gasteiger partial charge in [-0.05, 0) is 71.6 Å². The topological polar surface area (TPSA) is 163 Å². The monoisotopic (exact) mass is 577 g/mol. The van der Waals surface area contributed by atoms with Crippen LogP contribution in [0.2, 0.25) is 0 Å². The third-order valence-corrected chi connectivity index (χ3v) is 7.68. The van der Waals surface area contributed by atoms with Gasteiger partial charge >= 0.3 is 6.09 Å². The minimum atomic E-state index is -1.08. The summed E-state index contributed by atoms with van der Waals surface area (Å²) >= 11 is 0. The van der Waals surface area contributed by atoms with Gasteiger partial charge < -0.3 is 30.9 Å². The molecule has 3 rings (SSSR count). The van der Waals surface area contributed by atoms with Crippen LogP contribution in [0.25, 0.3) is 0 Å². The first kappa shape index (κ1) is 32.3. The predicted molar refractivity (Wildman–Crippen MR) is 150 cm³/mol. The summed E-state index contributed by atoms with van der Waals surface area (Å²) in [7, 11) is 0. The molecule has 0 aromatic heterocycles. The molecule has 3 aliphatic rings. The van der Waals surface area contributed by atoms with Gasteiger partial charge in [-0.2, -0.15) is 0 Å². The highest BCUT2D eigenvalue weighted by Gasteiger charge is 2.42. The third-order valence-electron chi connectivity index (χ3n) is 7.68. The van der Waals surface area contributed by atoms with Crippen molar-refractivity contribution in [1.29, 1.82) is 0 Å². The molecule has 2 unspecified atom stereocenters. The second-order valence-electron chi connectivity index (χ2n) is 12.5. The van der Waals surface area contributed by atoms with E-state index in [9.17, 15) is 28.8 Å². The largest absolute Gasteiger partial charge is 0.444 e. The van der Waals surface area contributed by atoms with Crippen LogP contribution < -0.4 is 21.3 Å². The maximum absolute atomic E-state index is 13.9. The Hall–Kier alpha value is -3.18. The van der Waals surface area contributed by atoms with E-state index in [0.717, 1.165) is 44.9 Å². The van der Waals surface area contributed by atoms with Crippen LogP contribution in [0.4, 0.5) is 4.79 Å². The molecule has 41 heavy (non-hydrogen) atoms. The standard InChI is InChI=1S/C29H47N5O7/c1-5-10-20(24(36)26(38)30-17-22(35)31-19-14-15-19)32-25(37)21-13-9-16-34(21)27(39)23(18-11-7-6-8-12-18)33-28(40)41-29(2,3)4/h18-21,23H,5-17H2,1-4H3,(H,30,38)(H,31,35)(H,32,37)(H,33,40)/t20?,21-,23?/m0/s1. The van der Waals surface area contributed by atoms with Crippen molar-refractivity contribution < 1.29 is 33.5 Å². The number of alkyl carbamates (subject to hydrolysis) is 1. The van der Waals surface area contributed by atoms with Gasteiger partial charge in [0.15, 0.2) is 0 Å². The van der Waals surface area contributed by atoms with Crippen LogP contribution in [0.15, 0.2) is 0 Å². The average molecular weight is 578 g/mol. The maximum Gasteiger partial charge on any atom is 0.408 e. The Morgan fingerprint density at radius 2 is 1.59 bits per heavy atom. The number of hydrogen-bond acceptors (Lipinski definition) is 7. The first-order valence-corrected chi connectivity index (χ1v) is 15.1. The number of hydrogen-bond donors (Lipinski definition) is 4. The normalized spacial score (nSPS) is 20.9. The van der Waals surface area contributed by atoms with Crippen molar-refractivity contribution in [2.75, 3.05) is 13.1 Å². The van der Waals surface area contributed by atoms with Crippen LogP contribution in [0, 0.1) is 5.92 Å². The molecular formula is C29H47N5O7. The highest BCUT2D eigenvalue weighted by molar-refractivity contribution is 6.38. The first-order valence-electron chi connectivity index (χ1n) is 15.1. The number of carbonyl (C=O) groups excluding carboxylic acids is 6. The summed E-state index contributed by atoms with van der Waals surface area (Å²) in [6.07, 6.45) is 7.47. The lowest BCUT2D eigenvalue weighted by molar-refractivity contribution is -0.143. The zero-order valence-corrected chi connectivity index (χ0v) is 24.9. The highest BCUT2D eigenvalue weighted by atomic mass is 16.6. The molecule has 2 saturated carbocycles. The highest BCUT2D eigenvalue weighted by Crippen LogP contribution is 2.29. The number of amides is 5. The summed E-state index contributed by atoms with van der Waals surface area (Å²) in [5.41, 5.74) is -0.728. The van der Waals surface area contributed by atoms with Crippen LogP contribution in [-0.2, 0) is 28.7 Å². The molecule has 0 radical (unpaired) electrons. The molecule has 0 aromatic rings. The van der Waals surface area contributed by atoms with Crippen LogP contribution in [0.3, 0.4) is 0 Å². The van der Waals surface area contributed by atoms with E-state index in [-0.39, 0.29) is 36.7 Å². The third kappa shape index (κ3) is 10.00. The fraction of sp³-hybridized carbons (Fsp3) is 0.793. The summed E-state index contributed by atoms with van der Waals surface area (Å²) in [4.78, 5) is 78.7. The lowest BCUT2D eigenvalue weighted by atomic mass is 9.83. The summed E-state index contributed by atoms with van der Waals surface area (Å²) in [5.74, 6) is -3.05. The summed E-state index contributed by atoms with van der Waals surface area (Å²) in [6, 6.07) is -2.59. The minimum absolute atomic E-state index is 0.0664. The van der Waals surface area contributed by atoms with Gasteiger partial charge in [-0.15, -0.1) is 0 Å². The second-order valence-corrected chi connectivity index (χ2v) is 12.5. The Balaban J connectivity index is 1.65. The van der Waals surface area contributed by atoms with E-state index in [0.29, 0.717) is 25.8 Å². The fourth-order valence-corrected chi connectivity index (χ4v) is 5.50. The van der Waals surface area contributed by atoms with Crippen molar-refractivity contribution in [3.05, 3.63) is 0 Å². The van der Waals surface area contributed by atoms with E-state index in [4.69, 9.17) is 4.74 Å². The van der Waals surface area contributed by atoms with Gasteiger partial charge in [-0.25, -0.2) is 4.79 Å². The Kier molecular flexibility index (Phi) is 11.5. The van der Waals surface area contributed by atoms with Crippen LogP contribution in [0.1, 0.15) is 98.3 Å². The van der Waals surface area contributed by atoms with Gasteiger partial charge in [0.25, 0.3) is 5.91 Å². The van der Waals surface area contributed by atoms with Crippen molar-refractivity contribution in [3.8, 4) is 0 Å². The molecule has 12 nitrogen and oxygen atoms in total. The number of nitrogens with zero attached hydrogens (tertiary/aromatic N) is 1.